The van der Waals surface area contributed by atoms with Crippen LogP contribution in [0.2, 0.25) is 0 Å². The smallest absolute Gasteiger partial charge is 0.387 e. The third-order valence-electron chi connectivity index (χ3n) is 4.09. The van der Waals surface area contributed by atoms with Crippen molar-refractivity contribution >= 4 is 40.0 Å². The average Bonchev–Trinajstić information content (AvgIpc) is 2.70. The Morgan fingerprint density at radius 2 is 1.67 bits per heavy atom. The molecule has 0 amide bonds. The number of alkyl halides is 2. The number of nitrogens with one attached hydrogen (secondary N) is 2. The number of guanidine groups is 1. The molecule has 0 aliphatic heterocycles. The average molecular weight is 554 g/mol. The molecule has 0 fully saturated rings. The summed E-state index contributed by atoms with van der Waals surface area (Å²) in [6, 6.07) is 12.9. The second kappa shape index (κ2) is 12.0. The minimum absolute atomic E-state index is 0. The fourth-order valence-electron chi connectivity index (χ4n) is 2.60. The molecule has 0 aliphatic carbocycles. The third kappa shape index (κ3) is 7.69. The summed E-state index contributed by atoms with van der Waals surface area (Å²) in [5, 5.41) is 3.20. The fourth-order valence-corrected chi connectivity index (χ4v) is 3.33. The molecule has 11 heteroatoms. The van der Waals surface area contributed by atoms with Crippen LogP contribution >= 0.6 is 24.0 Å². The first kappa shape index (κ1) is 26.0. The molecule has 166 valence electrons. The van der Waals surface area contributed by atoms with Crippen LogP contribution in [0.3, 0.4) is 0 Å². The van der Waals surface area contributed by atoms with Crippen molar-refractivity contribution in [3.05, 3.63) is 59.7 Å². The predicted octanol–water partition coefficient (Wildman–Crippen LogP) is 3.02. The molecule has 0 spiro atoms. The number of nitrogens with zero attached hydrogens (tertiary/aromatic N) is 2. The minimum atomic E-state index is -3.46. The van der Waals surface area contributed by atoms with Gasteiger partial charge in [0.2, 0.25) is 10.0 Å². The summed E-state index contributed by atoms with van der Waals surface area (Å²) in [4.78, 5) is 6.30. The molecular formula is C19H25F2IN4O3S. The van der Waals surface area contributed by atoms with Crippen LogP contribution < -0.4 is 14.8 Å². The number of hydrogen-bond donors (Lipinski definition) is 2. The van der Waals surface area contributed by atoms with Crippen molar-refractivity contribution in [2.75, 3.05) is 21.1 Å². The van der Waals surface area contributed by atoms with Crippen molar-refractivity contribution in [1.82, 2.24) is 14.9 Å². The van der Waals surface area contributed by atoms with Gasteiger partial charge in [-0.3, -0.25) is 4.99 Å². The largest absolute Gasteiger partial charge is 0.435 e. The van der Waals surface area contributed by atoms with Gasteiger partial charge >= 0.3 is 6.61 Å². The molecule has 7 nitrogen and oxygen atoms in total. The quantitative estimate of drug-likeness (QED) is 0.298. The molecule has 0 aromatic heterocycles. The number of benzene rings is 2. The zero-order chi connectivity index (χ0) is 21.4. The van der Waals surface area contributed by atoms with Crippen LogP contribution in [0.25, 0.3) is 0 Å². The zero-order valence-corrected chi connectivity index (χ0v) is 19.9. The highest BCUT2D eigenvalue weighted by Gasteiger charge is 2.11. The summed E-state index contributed by atoms with van der Waals surface area (Å²) < 4.78 is 54.6. The van der Waals surface area contributed by atoms with Crippen LogP contribution in [-0.2, 0) is 23.1 Å². The molecule has 2 N–H and O–H groups in total. The molecule has 0 heterocycles. The highest BCUT2D eigenvalue weighted by molar-refractivity contribution is 14.0. The van der Waals surface area contributed by atoms with Gasteiger partial charge in [-0.1, -0.05) is 24.3 Å². The molecular weight excluding hydrogens is 529 g/mol. The first-order valence-corrected chi connectivity index (χ1v) is 10.2. The van der Waals surface area contributed by atoms with E-state index in [4.69, 9.17) is 0 Å². The number of hydrogen-bond acceptors (Lipinski definition) is 4. The summed E-state index contributed by atoms with van der Waals surface area (Å²) in [5.74, 6) is 0.738. The van der Waals surface area contributed by atoms with Crippen molar-refractivity contribution in [1.29, 1.82) is 0 Å². The first-order chi connectivity index (χ1) is 13.7. The van der Waals surface area contributed by atoms with Gasteiger partial charge < -0.3 is 15.0 Å². The monoisotopic (exact) mass is 554 g/mol. The van der Waals surface area contributed by atoms with Crippen LogP contribution in [0.4, 0.5) is 8.78 Å². The lowest BCUT2D eigenvalue weighted by molar-refractivity contribution is -0.0498. The Morgan fingerprint density at radius 3 is 2.17 bits per heavy atom. The molecule has 0 unspecified atom stereocenters. The highest BCUT2D eigenvalue weighted by Crippen LogP contribution is 2.16. The third-order valence-corrected chi connectivity index (χ3v) is 5.52. The van der Waals surface area contributed by atoms with Gasteiger partial charge in [-0.05, 0) is 42.4 Å². The molecule has 0 bridgehead atoms. The Morgan fingerprint density at radius 1 is 1.10 bits per heavy atom. The van der Waals surface area contributed by atoms with Gasteiger partial charge in [0, 0.05) is 27.2 Å². The van der Waals surface area contributed by atoms with E-state index in [0.29, 0.717) is 19.0 Å². The lowest BCUT2D eigenvalue weighted by atomic mass is 10.2. The van der Waals surface area contributed by atoms with Crippen LogP contribution in [-0.4, -0.2) is 47.0 Å². The Balaban J connectivity index is 0.00000450. The first-order valence-electron chi connectivity index (χ1n) is 8.73. The van der Waals surface area contributed by atoms with E-state index in [9.17, 15) is 17.2 Å². The van der Waals surface area contributed by atoms with Crippen molar-refractivity contribution in [3.63, 3.8) is 0 Å². The van der Waals surface area contributed by atoms with E-state index < -0.39 is 16.6 Å². The van der Waals surface area contributed by atoms with E-state index >= 15 is 0 Å². The van der Waals surface area contributed by atoms with Gasteiger partial charge in [-0.15, -0.1) is 24.0 Å². The number of halogens is 3. The molecule has 0 radical (unpaired) electrons. The van der Waals surface area contributed by atoms with Gasteiger partial charge in [0.25, 0.3) is 0 Å². The van der Waals surface area contributed by atoms with Crippen LogP contribution in [0.1, 0.15) is 11.1 Å². The molecule has 0 atom stereocenters. The number of sulfonamides is 1. The van der Waals surface area contributed by atoms with E-state index in [0.717, 1.165) is 11.1 Å². The van der Waals surface area contributed by atoms with Gasteiger partial charge in [-0.2, -0.15) is 8.78 Å². The number of ether oxygens (including phenoxy) is 1. The summed E-state index contributed by atoms with van der Waals surface area (Å²) >= 11 is 0. The molecule has 0 saturated carbocycles. The maximum atomic E-state index is 12.2. The Labute approximate surface area is 192 Å². The van der Waals surface area contributed by atoms with Crippen molar-refractivity contribution < 1.29 is 21.9 Å². The summed E-state index contributed by atoms with van der Waals surface area (Å²) in [6.07, 6.45) is 0. The van der Waals surface area contributed by atoms with E-state index in [-0.39, 0.29) is 34.6 Å². The number of rotatable bonds is 8. The second-order valence-electron chi connectivity index (χ2n) is 6.13. The van der Waals surface area contributed by atoms with Crippen LogP contribution in [0.5, 0.6) is 5.75 Å². The molecule has 2 rings (SSSR count). The standard InChI is InChI=1S/C19H24F2N4O3S.HI/c1-22-19(24-12-14-6-10-17(11-7-14)29(26,27)23-2)25(3)13-15-4-8-16(9-5-15)28-18(20)21;/h4-11,18,23H,12-13H2,1-3H3,(H,22,24);1H. The maximum Gasteiger partial charge on any atom is 0.387 e. The van der Waals surface area contributed by atoms with E-state index in [2.05, 4.69) is 19.8 Å². The van der Waals surface area contributed by atoms with E-state index in [1.807, 2.05) is 11.9 Å². The topological polar surface area (TPSA) is 83.0 Å². The lowest BCUT2D eigenvalue weighted by Gasteiger charge is -2.22. The Kier molecular flexibility index (Phi) is 10.4. The molecule has 0 saturated heterocycles. The fraction of sp³-hybridized carbons (Fsp3) is 0.316. The second-order valence-corrected chi connectivity index (χ2v) is 8.02. The normalized spacial score (nSPS) is 11.7. The van der Waals surface area contributed by atoms with Gasteiger partial charge in [0.1, 0.15) is 5.75 Å². The van der Waals surface area contributed by atoms with Gasteiger partial charge in [0.15, 0.2) is 5.96 Å². The van der Waals surface area contributed by atoms with Crippen LogP contribution in [0.15, 0.2) is 58.4 Å². The molecule has 2 aromatic rings. The summed E-state index contributed by atoms with van der Waals surface area (Å²) in [6.45, 7) is -1.88. The van der Waals surface area contributed by atoms with Crippen molar-refractivity contribution in [3.8, 4) is 5.75 Å². The Hall–Kier alpha value is -1.99. The Bertz CT molecular complexity index is 924. The highest BCUT2D eigenvalue weighted by atomic mass is 127. The van der Waals surface area contributed by atoms with Gasteiger partial charge in [-0.25, -0.2) is 13.1 Å². The number of aliphatic imine (C=N–C) groups is 1. The van der Waals surface area contributed by atoms with E-state index in [1.165, 1.54) is 19.2 Å². The van der Waals surface area contributed by atoms with Gasteiger partial charge in [0.05, 0.1) is 4.90 Å². The summed E-state index contributed by atoms with van der Waals surface area (Å²) in [7, 11) is 1.41. The zero-order valence-electron chi connectivity index (χ0n) is 16.8. The predicted molar refractivity (Wildman–Crippen MR) is 123 cm³/mol. The van der Waals surface area contributed by atoms with E-state index in [1.54, 1.807) is 43.4 Å². The van der Waals surface area contributed by atoms with Crippen molar-refractivity contribution in [2.45, 2.75) is 24.6 Å². The van der Waals surface area contributed by atoms with Crippen molar-refractivity contribution in [2.24, 2.45) is 4.99 Å². The van der Waals surface area contributed by atoms with Crippen LogP contribution in [0, 0.1) is 0 Å². The molecule has 2 aromatic carbocycles. The molecule has 0 aliphatic rings. The maximum absolute atomic E-state index is 12.2. The summed E-state index contributed by atoms with van der Waals surface area (Å²) in [5.41, 5.74) is 1.79. The SMILES string of the molecule is CN=C(NCc1ccc(S(=O)(=O)NC)cc1)N(C)Cc1ccc(OC(F)F)cc1.I. The minimum Gasteiger partial charge on any atom is -0.435 e. The molecule has 30 heavy (non-hydrogen) atoms. The lowest BCUT2D eigenvalue weighted by Crippen LogP contribution is -2.38.